The van der Waals surface area contributed by atoms with Crippen LogP contribution in [0.4, 0.5) is 4.79 Å². The van der Waals surface area contributed by atoms with E-state index in [0.29, 0.717) is 12.1 Å². The lowest BCUT2D eigenvalue weighted by Crippen LogP contribution is -2.44. The molecule has 0 heterocycles. The molecule has 23 heavy (non-hydrogen) atoms. The van der Waals surface area contributed by atoms with Crippen molar-refractivity contribution < 1.29 is 19.1 Å². The van der Waals surface area contributed by atoms with Gasteiger partial charge in [0.1, 0.15) is 0 Å². The average Bonchev–Trinajstić information content (AvgIpc) is 2.46. The smallest absolute Gasteiger partial charge is 0.338 e. The minimum atomic E-state index is -1.06. The van der Waals surface area contributed by atoms with Crippen LogP contribution in [0.15, 0.2) is 24.3 Å². The van der Waals surface area contributed by atoms with Gasteiger partial charge in [0.15, 0.2) is 6.10 Å². The quantitative estimate of drug-likeness (QED) is 0.834. The number of amides is 3. The molecule has 0 spiro atoms. The topological polar surface area (TPSA) is 84.5 Å². The summed E-state index contributed by atoms with van der Waals surface area (Å²) >= 11 is 0. The van der Waals surface area contributed by atoms with Crippen molar-refractivity contribution in [3.05, 3.63) is 35.4 Å². The van der Waals surface area contributed by atoms with Crippen LogP contribution in [-0.4, -0.2) is 30.6 Å². The van der Waals surface area contributed by atoms with Gasteiger partial charge in [-0.05, 0) is 37.0 Å². The molecule has 2 N–H and O–H groups in total. The van der Waals surface area contributed by atoms with Crippen LogP contribution in [0, 0.1) is 0 Å². The number of hydrogen-bond donors (Lipinski definition) is 2. The average molecular weight is 320 g/mol. The lowest BCUT2D eigenvalue weighted by Gasteiger charge is -2.19. The lowest BCUT2D eigenvalue weighted by molar-refractivity contribution is -0.127. The number of imide groups is 1. The molecular formula is C17H24N2O4. The first-order chi connectivity index (χ1) is 10.6. The maximum absolute atomic E-state index is 12.0. The Labute approximate surface area is 136 Å². The minimum absolute atomic E-state index is 0.0117. The SMILES string of the molecule is CCNC(=O)NC(=O)[C@@H](C)OC(=O)c1ccc(C(C)(C)C)cc1. The highest BCUT2D eigenvalue weighted by atomic mass is 16.5. The fourth-order valence-electron chi connectivity index (χ4n) is 1.81. The van der Waals surface area contributed by atoms with E-state index in [0.717, 1.165) is 5.56 Å². The zero-order chi connectivity index (χ0) is 17.6. The van der Waals surface area contributed by atoms with Crippen molar-refractivity contribution in [2.24, 2.45) is 0 Å². The predicted molar refractivity (Wildman–Crippen MR) is 87.2 cm³/mol. The molecular weight excluding hydrogens is 296 g/mol. The van der Waals surface area contributed by atoms with Crippen molar-refractivity contribution in [1.29, 1.82) is 0 Å². The van der Waals surface area contributed by atoms with Gasteiger partial charge in [-0.3, -0.25) is 10.1 Å². The second-order valence-electron chi connectivity index (χ2n) is 6.22. The highest BCUT2D eigenvalue weighted by Gasteiger charge is 2.21. The molecule has 0 aromatic heterocycles. The molecule has 1 aromatic carbocycles. The van der Waals surface area contributed by atoms with Crippen molar-refractivity contribution in [1.82, 2.24) is 10.6 Å². The summed E-state index contributed by atoms with van der Waals surface area (Å²) in [6.07, 6.45) is -1.06. The van der Waals surface area contributed by atoms with E-state index < -0.39 is 24.0 Å². The Hall–Kier alpha value is -2.37. The Morgan fingerprint density at radius 1 is 1.13 bits per heavy atom. The normalized spacial score (nSPS) is 12.2. The monoisotopic (exact) mass is 320 g/mol. The van der Waals surface area contributed by atoms with Gasteiger partial charge in [-0.2, -0.15) is 0 Å². The lowest BCUT2D eigenvalue weighted by atomic mass is 9.87. The van der Waals surface area contributed by atoms with Gasteiger partial charge < -0.3 is 10.1 Å². The maximum Gasteiger partial charge on any atom is 0.338 e. The van der Waals surface area contributed by atoms with Gasteiger partial charge in [-0.25, -0.2) is 9.59 Å². The van der Waals surface area contributed by atoms with Crippen molar-refractivity contribution in [2.45, 2.75) is 46.1 Å². The first-order valence-electron chi connectivity index (χ1n) is 7.55. The second-order valence-corrected chi connectivity index (χ2v) is 6.22. The molecule has 3 amide bonds. The number of carbonyl (C=O) groups is 3. The van der Waals surface area contributed by atoms with Crippen molar-refractivity contribution in [3.8, 4) is 0 Å². The van der Waals surface area contributed by atoms with Crippen LogP contribution >= 0.6 is 0 Å². The molecule has 126 valence electrons. The van der Waals surface area contributed by atoms with Crippen LogP contribution in [0.5, 0.6) is 0 Å². The molecule has 0 aliphatic heterocycles. The number of carbonyl (C=O) groups excluding carboxylic acids is 3. The zero-order valence-corrected chi connectivity index (χ0v) is 14.2. The van der Waals surface area contributed by atoms with Crippen LogP contribution in [0.1, 0.15) is 50.5 Å². The van der Waals surface area contributed by atoms with Crippen LogP contribution < -0.4 is 10.6 Å². The molecule has 0 unspecified atom stereocenters. The van der Waals surface area contributed by atoms with E-state index in [2.05, 4.69) is 31.4 Å². The molecule has 0 aliphatic rings. The summed E-state index contributed by atoms with van der Waals surface area (Å²) in [6, 6.07) is 6.43. The number of esters is 1. The van der Waals surface area contributed by atoms with Gasteiger partial charge in [-0.15, -0.1) is 0 Å². The molecule has 1 atom stereocenters. The number of benzene rings is 1. The summed E-state index contributed by atoms with van der Waals surface area (Å²) in [5.74, 6) is -1.28. The molecule has 0 saturated heterocycles. The third-order valence-electron chi connectivity index (χ3n) is 3.21. The first-order valence-corrected chi connectivity index (χ1v) is 7.55. The number of urea groups is 1. The summed E-state index contributed by atoms with van der Waals surface area (Å²) in [5, 5.41) is 4.53. The Morgan fingerprint density at radius 3 is 2.17 bits per heavy atom. The van der Waals surface area contributed by atoms with Crippen molar-refractivity contribution in [3.63, 3.8) is 0 Å². The van der Waals surface area contributed by atoms with E-state index in [1.165, 1.54) is 6.92 Å². The maximum atomic E-state index is 12.0. The predicted octanol–water partition coefficient (Wildman–Crippen LogP) is 2.38. The number of nitrogens with one attached hydrogen (secondary N) is 2. The van der Waals surface area contributed by atoms with E-state index in [9.17, 15) is 14.4 Å². The van der Waals surface area contributed by atoms with E-state index in [1.807, 2.05) is 12.1 Å². The fraction of sp³-hybridized carbons (Fsp3) is 0.471. The van der Waals surface area contributed by atoms with E-state index in [4.69, 9.17) is 4.74 Å². The van der Waals surface area contributed by atoms with Gasteiger partial charge in [0.25, 0.3) is 5.91 Å². The van der Waals surface area contributed by atoms with Crippen LogP contribution in [0.25, 0.3) is 0 Å². The van der Waals surface area contributed by atoms with Crippen LogP contribution in [0.2, 0.25) is 0 Å². The van der Waals surface area contributed by atoms with Gasteiger partial charge in [-0.1, -0.05) is 32.9 Å². The molecule has 0 aliphatic carbocycles. The first kappa shape index (κ1) is 18.7. The molecule has 0 radical (unpaired) electrons. The third kappa shape index (κ3) is 5.73. The minimum Gasteiger partial charge on any atom is -0.449 e. The molecule has 1 rings (SSSR count). The molecule has 0 bridgehead atoms. The van der Waals surface area contributed by atoms with Crippen LogP contribution in [0.3, 0.4) is 0 Å². The highest BCUT2D eigenvalue weighted by Crippen LogP contribution is 2.22. The van der Waals surface area contributed by atoms with Crippen LogP contribution in [-0.2, 0) is 14.9 Å². The molecule has 1 aromatic rings. The van der Waals surface area contributed by atoms with Gasteiger partial charge in [0, 0.05) is 6.54 Å². The standard InChI is InChI=1S/C17H24N2O4/c1-6-18-16(22)19-14(20)11(2)23-15(21)12-7-9-13(10-8-12)17(3,4)5/h7-11H,6H2,1-5H3,(H2,18,19,20,22)/t11-/m1/s1. The van der Waals surface area contributed by atoms with Gasteiger partial charge >= 0.3 is 12.0 Å². The van der Waals surface area contributed by atoms with E-state index in [1.54, 1.807) is 19.1 Å². The number of hydrogen-bond acceptors (Lipinski definition) is 4. The molecule has 6 heteroatoms. The number of rotatable bonds is 4. The zero-order valence-electron chi connectivity index (χ0n) is 14.2. The van der Waals surface area contributed by atoms with Gasteiger partial charge in [0.2, 0.25) is 0 Å². The molecule has 6 nitrogen and oxygen atoms in total. The van der Waals surface area contributed by atoms with Crippen molar-refractivity contribution in [2.75, 3.05) is 6.54 Å². The summed E-state index contributed by atoms with van der Waals surface area (Å²) < 4.78 is 5.07. The Kier molecular flexibility index (Phi) is 6.30. The molecule has 0 saturated carbocycles. The second kappa shape index (κ2) is 7.76. The summed E-state index contributed by atoms with van der Waals surface area (Å²) in [6.45, 7) is 9.77. The third-order valence-corrected chi connectivity index (χ3v) is 3.21. The molecule has 0 fully saturated rings. The van der Waals surface area contributed by atoms with E-state index >= 15 is 0 Å². The number of ether oxygens (including phenoxy) is 1. The Morgan fingerprint density at radius 2 is 1.70 bits per heavy atom. The largest absolute Gasteiger partial charge is 0.449 e. The Balaban J connectivity index is 2.65. The summed E-state index contributed by atoms with van der Waals surface area (Å²) in [7, 11) is 0. The summed E-state index contributed by atoms with van der Waals surface area (Å²) in [5.41, 5.74) is 1.44. The fourth-order valence-corrected chi connectivity index (χ4v) is 1.81. The summed E-state index contributed by atoms with van der Waals surface area (Å²) in [4.78, 5) is 35.0. The van der Waals surface area contributed by atoms with E-state index in [-0.39, 0.29) is 5.41 Å². The van der Waals surface area contributed by atoms with Crippen molar-refractivity contribution >= 4 is 17.9 Å². The van der Waals surface area contributed by atoms with Gasteiger partial charge in [0.05, 0.1) is 5.56 Å². The highest BCUT2D eigenvalue weighted by molar-refractivity contribution is 5.98. The Bertz CT molecular complexity index is 573.